The molecule has 0 unspecified atom stereocenters. The second kappa shape index (κ2) is 10.6. The van der Waals surface area contributed by atoms with E-state index in [2.05, 4.69) is 70.5 Å². The van der Waals surface area contributed by atoms with Gasteiger partial charge >= 0.3 is 0 Å². The summed E-state index contributed by atoms with van der Waals surface area (Å²) in [7, 11) is 0. The molecule has 36 heavy (non-hydrogen) atoms. The maximum atomic E-state index is 13.9. The summed E-state index contributed by atoms with van der Waals surface area (Å²) in [5, 5.41) is 2.31. The van der Waals surface area contributed by atoms with Crippen molar-refractivity contribution in [3.63, 3.8) is 0 Å². The molecule has 0 saturated carbocycles. The van der Waals surface area contributed by atoms with Gasteiger partial charge in [0.15, 0.2) is 0 Å². The molecular weight excluding hydrogens is 488 g/mol. The SMILES string of the molecule is O=C(c1cc(-c2ccccc2)c(N2CCOCC2)s1)c1cc(-c2ccccc2)c(N2CCOCC2)s1. The van der Waals surface area contributed by atoms with Crippen LogP contribution in [0.15, 0.2) is 72.8 Å². The number of rotatable bonds is 6. The lowest BCUT2D eigenvalue weighted by Crippen LogP contribution is -2.35. The highest BCUT2D eigenvalue weighted by Gasteiger charge is 2.26. The van der Waals surface area contributed by atoms with E-state index < -0.39 is 0 Å². The first-order valence-electron chi connectivity index (χ1n) is 12.4. The molecular formula is C29H28N2O3S2. The monoisotopic (exact) mass is 516 g/mol. The summed E-state index contributed by atoms with van der Waals surface area (Å²) in [5.41, 5.74) is 4.53. The third kappa shape index (κ3) is 4.72. The van der Waals surface area contributed by atoms with Gasteiger partial charge in [0.25, 0.3) is 0 Å². The van der Waals surface area contributed by atoms with Crippen molar-refractivity contribution >= 4 is 38.5 Å². The first kappa shape index (κ1) is 23.4. The van der Waals surface area contributed by atoms with Gasteiger partial charge < -0.3 is 19.3 Å². The number of carbonyl (C=O) groups excluding carboxylic acids is 1. The topological polar surface area (TPSA) is 42.0 Å². The highest BCUT2D eigenvalue weighted by atomic mass is 32.1. The Kier molecular flexibility index (Phi) is 6.88. The normalized spacial score (nSPS) is 16.3. The van der Waals surface area contributed by atoms with Crippen molar-refractivity contribution in [1.82, 2.24) is 0 Å². The van der Waals surface area contributed by atoms with Gasteiger partial charge in [0, 0.05) is 37.3 Å². The summed E-state index contributed by atoms with van der Waals surface area (Å²) in [6.07, 6.45) is 0. The molecule has 2 saturated heterocycles. The third-order valence-electron chi connectivity index (χ3n) is 6.64. The zero-order chi connectivity index (χ0) is 24.3. The summed E-state index contributed by atoms with van der Waals surface area (Å²) in [6.45, 7) is 6.21. The molecule has 0 spiro atoms. The molecule has 0 bridgehead atoms. The summed E-state index contributed by atoms with van der Waals surface area (Å²) >= 11 is 3.21. The minimum absolute atomic E-state index is 0.0957. The molecule has 2 aromatic carbocycles. The van der Waals surface area contributed by atoms with Gasteiger partial charge in [-0.1, -0.05) is 60.7 Å². The van der Waals surface area contributed by atoms with E-state index in [1.807, 2.05) is 12.1 Å². The average molecular weight is 517 g/mol. The molecule has 2 fully saturated rings. The molecule has 0 amide bonds. The fourth-order valence-electron chi connectivity index (χ4n) is 4.76. The van der Waals surface area contributed by atoms with Crippen LogP contribution in [0.2, 0.25) is 0 Å². The Bertz CT molecular complexity index is 1220. The Hall–Kier alpha value is -2.97. The van der Waals surface area contributed by atoms with E-state index >= 15 is 0 Å². The number of ether oxygens (including phenoxy) is 2. The van der Waals surface area contributed by atoms with E-state index in [0.717, 1.165) is 68.2 Å². The van der Waals surface area contributed by atoms with Crippen LogP contribution in [0.4, 0.5) is 10.0 Å². The quantitative estimate of drug-likeness (QED) is 0.292. The number of hydrogen-bond acceptors (Lipinski definition) is 7. The van der Waals surface area contributed by atoms with Gasteiger partial charge in [-0.25, -0.2) is 0 Å². The standard InChI is InChI=1S/C29H28N2O3S2/c32-27(25-19-23(21-7-3-1-4-8-21)28(35-25)30-11-15-33-16-12-30)26-20-24(22-9-5-2-6-10-22)29(36-26)31-13-17-34-18-14-31/h1-10,19-20H,11-18H2. The molecule has 5 nitrogen and oxygen atoms in total. The van der Waals surface area contributed by atoms with Crippen molar-refractivity contribution in [2.75, 3.05) is 62.4 Å². The highest BCUT2D eigenvalue weighted by Crippen LogP contribution is 2.43. The van der Waals surface area contributed by atoms with Crippen LogP contribution in [0.5, 0.6) is 0 Å². The van der Waals surface area contributed by atoms with Crippen molar-refractivity contribution in [2.45, 2.75) is 0 Å². The van der Waals surface area contributed by atoms with Crippen LogP contribution >= 0.6 is 22.7 Å². The second-order valence-corrected chi connectivity index (χ2v) is 11.0. The maximum absolute atomic E-state index is 13.9. The molecule has 2 aromatic heterocycles. The molecule has 0 N–H and O–H groups in total. The van der Waals surface area contributed by atoms with Crippen molar-refractivity contribution in [2.24, 2.45) is 0 Å². The van der Waals surface area contributed by atoms with Crippen LogP contribution < -0.4 is 9.80 Å². The largest absolute Gasteiger partial charge is 0.378 e. The van der Waals surface area contributed by atoms with Gasteiger partial charge in [-0.15, -0.1) is 22.7 Å². The fraction of sp³-hybridized carbons (Fsp3) is 0.276. The number of anilines is 2. The molecule has 7 heteroatoms. The van der Waals surface area contributed by atoms with Gasteiger partial charge in [0.2, 0.25) is 5.78 Å². The van der Waals surface area contributed by atoms with E-state index in [1.165, 1.54) is 0 Å². The number of ketones is 1. The third-order valence-corrected chi connectivity index (χ3v) is 9.03. The van der Waals surface area contributed by atoms with E-state index in [0.29, 0.717) is 26.4 Å². The molecule has 2 aliphatic heterocycles. The smallest absolute Gasteiger partial charge is 0.213 e. The minimum atomic E-state index is 0.0957. The Morgan fingerprint density at radius 1 is 0.611 bits per heavy atom. The summed E-state index contributed by atoms with van der Waals surface area (Å²) in [4.78, 5) is 20.2. The Morgan fingerprint density at radius 3 is 1.39 bits per heavy atom. The average Bonchev–Trinajstić information content (AvgIpc) is 3.61. The number of nitrogens with zero attached hydrogens (tertiary/aromatic N) is 2. The van der Waals surface area contributed by atoms with Gasteiger partial charge in [0.1, 0.15) is 0 Å². The van der Waals surface area contributed by atoms with Gasteiger partial charge in [0.05, 0.1) is 46.2 Å². The minimum Gasteiger partial charge on any atom is -0.378 e. The Balaban J connectivity index is 1.40. The molecule has 2 aliphatic rings. The van der Waals surface area contributed by atoms with E-state index in [4.69, 9.17) is 9.47 Å². The molecule has 184 valence electrons. The first-order chi connectivity index (χ1) is 17.8. The highest BCUT2D eigenvalue weighted by molar-refractivity contribution is 7.22. The van der Waals surface area contributed by atoms with Gasteiger partial charge in [-0.05, 0) is 23.3 Å². The van der Waals surface area contributed by atoms with Crippen LogP contribution in [0.25, 0.3) is 22.3 Å². The van der Waals surface area contributed by atoms with Crippen LogP contribution in [-0.4, -0.2) is 58.4 Å². The van der Waals surface area contributed by atoms with Crippen molar-refractivity contribution in [3.05, 3.63) is 82.6 Å². The fourth-order valence-corrected chi connectivity index (χ4v) is 7.20. The second-order valence-electron chi connectivity index (χ2n) is 8.92. The van der Waals surface area contributed by atoms with Crippen LogP contribution in [0, 0.1) is 0 Å². The first-order valence-corrected chi connectivity index (χ1v) is 14.0. The van der Waals surface area contributed by atoms with Crippen LogP contribution in [0.3, 0.4) is 0 Å². The zero-order valence-corrected chi connectivity index (χ0v) is 21.7. The lowest BCUT2D eigenvalue weighted by molar-refractivity contribution is 0.104. The van der Waals surface area contributed by atoms with Crippen molar-refractivity contribution < 1.29 is 14.3 Å². The number of morpholine rings is 2. The molecule has 0 aliphatic carbocycles. The van der Waals surface area contributed by atoms with Crippen molar-refractivity contribution in [1.29, 1.82) is 0 Å². The maximum Gasteiger partial charge on any atom is 0.213 e. The zero-order valence-electron chi connectivity index (χ0n) is 20.0. The number of benzene rings is 2. The Morgan fingerprint density at radius 2 is 1.00 bits per heavy atom. The lowest BCUT2D eigenvalue weighted by atomic mass is 10.1. The molecule has 6 rings (SSSR count). The van der Waals surface area contributed by atoms with E-state index in [9.17, 15) is 4.79 Å². The summed E-state index contributed by atoms with van der Waals surface area (Å²) in [5.74, 6) is 0.0957. The number of carbonyl (C=O) groups is 1. The van der Waals surface area contributed by atoms with Gasteiger partial charge in [-0.2, -0.15) is 0 Å². The Labute approximate surface area is 219 Å². The molecule has 4 heterocycles. The molecule has 0 radical (unpaired) electrons. The molecule has 0 atom stereocenters. The van der Waals surface area contributed by atoms with E-state index in [-0.39, 0.29) is 5.78 Å². The summed E-state index contributed by atoms with van der Waals surface area (Å²) in [6, 6.07) is 24.9. The van der Waals surface area contributed by atoms with Crippen LogP contribution in [0.1, 0.15) is 14.5 Å². The number of thiophene rings is 2. The molecule has 4 aromatic rings. The van der Waals surface area contributed by atoms with Crippen LogP contribution in [-0.2, 0) is 9.47 Å². The van der Waals surface area contributed by atoms with Gasteiger partial charge in [-0.3, -0.25) is 4.79 Å². The van der Waals surface area contributed by atoms with Crippen molar-refractivity contribution in [3.8, 4) is 22.3 Å². The van der Waals surface area contributed by atoms with E-state index in [1.54, 1.807) is 22.7 Å². The summed E-state index contributed by atoms with van der Waals surface area (Å²) < 4.78 is 11.2. The predicted molar refractivity (Wildman–Crippen MR) is 149 cm³/mol. The predicted octanol–water partition coefficient (Wildman–Crippen LogP) is 6.05. The lowest BCUT2D eigenvalue weighted by Gasteiger charge is -2.28. The number of hydrogen-bond donors (Lipinski definition) is 0.